The van der Waals surface area contributed by atoms with Crippen LogP contribution in [0.2, 0.25) is 5.02 Å². The number of benzene rings is 1. The van der Waals surface area contributed by atoms with E-state index in [2.05, 4.69) is 0 Å². The summed E-state index contributed by atoms with van der Waals surface area (Å²) >= 11 is 7.41. The van der Waals surface area contributed by atoms with E-state index in [4.69, 9.17) is 21.8 Å². The van der Waals surface area contributed by atoms with E-state index in [1.165, 1.54) is 17.8 Å². The van der Waals surface area contributed by atoms with Crippen molar-refractivity contribution in [1.29, 1.82) is 0 Å². The van der Waals surface area contributed by atoms with E-state index in [1.807, 2.05) is 0 Å². The lowest BCUT2D eigenvalue weighted by atomic mass is 10.1. The number of aliphatic hydroxyl groups is 1. The van der Waals surface area contributed by atoms with Crippen molar-refractivity contribution in [2.45, 2.75) is 24.8 Å². The van der Waals surface area contributed by atoms with Gasteiger partial charge in [0.05, 0.1) is 16.7 Å². The Morgan fingerprint density at radius 2 is 2.19 bits per heavy atom. The highest BCUT2D eigenvalue weighted by molar-refractivity contribution is 7.99. The number of carboxylic acids is 1. The number of hydrogen-bond acceptors (Lipinski definition) is 3. The molecule has 0 bridgehead atoms. The molecule has 88 valence electrons. The Bertz CT molecular complexity index is 404. The SMILES string of the molecule is Cc1c(SC[C@@H](C)O)ccc(C(=O)O)c1Cl. The molecule has 0 aliphatic carbocycles. The average Bonchev–Trinajstić information content (AvgIpc) is 2.19. The molecule has 0 aliphatic rings. The third-order valence-electron chi connectivity index (χ3n) is 2.05. The normalized spacial score (nSPS) is 12.5. The van der Waals surface area contributed by atoms with Gasteiger partial charge in [-0.15, -0.1) is 11.8 Å². The second-order valence-electron chi connectivity index (χ2n) is 3.52. The maximum atomic E-state index is 10.8. The maximum Gasteiger partial charge on any atom is 0.337 e. The number of carboxylic acid groups (broad SMARTS) is 1. The van der Waals surface area contributed by atoms with E-state index in [0.29, 0.717) is 5.75 Å². The van der Waals surface area contributed by atoms with Gasteiger partial charge in [0.25, 0.3) is 0 Å². The Morgan fingerprint density at radius 1 is 1.56 bits per heavy atom. The van der Waals surface area contributed by atoms with E-state index >= 15 is 0 Å². The number of rotatable bonds is 4. The average molecular weight is 261 g/mol. The van der Waals surface area contributed by atoms with Gasteiger partial charge in [-0.2, -0.15) is 0 Å². The predicted octanol–water partition coefficient (Wildman–Crippen LogP) is 2.82. The van der Waals surface area contributed by atoms with Crippen LogP contribution in [-0.2, 0) is 0 Å². The predicted molar refractivity (Wildman–Crippen MR) is 65.6 cm³/mol. The molecule has 16 heavy (non-hydrogen) atoms. The zero-order valence-corrected chi connectivity index (χ0v) is 10.6. The van der Waals surface area contributed by atoms with Crippen LogP contribution in [0.5, 0.6) is 0 Å². The Balaban J connectivity index is 2.98. The molecule has 0 unspecified atom stereocenters. The van der Waals surface area contributed by atoms with Gasteiger partial charge >= 0.3 is 5.97 Å². The Hall–Kier alpha value is -0.710. The number of hydrogen-bond donors (Lipinski definition) is 2. The zero-order valence-electron chi connectivity index (χ0n) is 9.03. The monoisotopic (exact) mass is 260 g/mol. The van der Waals surface area contributed by atoms with Crippen molar-refractivity contribution in [3.05, 3.63) is 28.3 Å². The largest absolute Gasteiger partial charge is 0.478 e. The highest BCUT2D eigenvalue weighted by atomic mass is 35.5. The number of carbonyl (C=O) groups is 1. The van der Waals surface area contributed by atoms with E-state index < -0.39 is 12.1 Å². The molecule has 0 fully saturated rings. The summed E-state index contributed by atoms with van der Waals surface area (Å²) in [6.07, 6.45) is -0.401. The molecule has 5 heteroatoms. The second kappa shape index (κ2) is 5.57. The summed E-state index contributed by atoms with van der Waals surface area (Å²) in [5.74, 6) is -0.469. The van der Waals surface area contributed by atoms with Crippen LogP contribution in [0.1, 0.15) is 22.8 Å². The minimum Gasteiger partial charge on any atom is -0.478 e. The third kappa shape index (κ3) is 3.14. The molecule has 0 heterocycles. The van der Waals surface area contributed by atoms with E-state index in [-0.39, 0.29) is 10.6 Å². The van der Waals surface area contributed by atoms with Gasteiger partial charge in [0, 0.05) is 10.6 Å². The minimum atomic E-state index is -1.03. The number of aliphatic hydroxyl groups excluding tert-OH is 1. The number of aromatic carboxylic acids is 1. The van der Waals surface area contributed by atoms with Crippen LogP contribution in [-0.4, -0.2) is 28.0 Å². The molecule has 0 radical (unpaired) electrons. The molecule has 2 N–H and O–H groups in total. The van der Waals surface area contributed by atoms with Gasteiger partial charge < -0.3 is 10.2 Å². The van der Waals surface area contributed by atoms with Crippen molar-refractivity contribution in [2.24, 2.45) is 0 Å². The molecule has 0 saturated carbocycles. The summed E-state index contributed by atoms with van der Waals surface area (Å²) in [5, 5.41) is 18.3. The van der Waals surface area contributed by atoms with Gasteiger partial charge in [0.15, 0.2) is 0 Å². The van der Waals surface area contributed by atoms with Gasteiger partial charge in [0.1, 0.15) is 0 Å². The maximum absolute atomic E-state index is 10.8. The van der Waals surface area contributed by atoms with E-state index in [1.54, 1.807) is 19.9 Å². The van der Waals surface area contributed by atoms with Crippen LogP contribution in [0.15, 0.2) is 17.0 Å². The summed E-state index contributed by atoms with van der Waals surface area (Å²) in [6.45, 7) is 3.48. The summed E-state index contributed by atoms with van der Waals surface area (Å²) in [6, 6.07) is 3.21. The molecular weight excluding hydrogens is 248 g/mol. The molecule has 3 nitrogen and oxygen atoms in total. The minimum absolute atomic E-state index is 0.112. The van der Waals surface area contributed by atoms with Gasteiger partial charge in [0.2, 0.25) is 0 Å². The topological polar surface area (TPSA) is 57.5 Å². The molecule has 0 aromatic heterocycles. The number of thioether (sulfide) groups is 1. The van der Waals surface area contributed by atoms with Crippen LogP contribution >= 0.6 is 23.4 Å². The highest BCUT2D eigenvalue weighted by Crippen LogP contribution is 2.30. The van der Waals surface area contributed by atoms with Crippen LogP contribution in [0.25, 0.3) is 0 Å². The van der Waals surface area contributed by atoms with Crippen molar-refractivity contribution in [2.75, 3.05) is 5.75 Å². The smallest absolute Gasteiger partial charge is 0.337 e. The summed E-state index contributed by atoms with van der Waals surface area (Å²) in [5.41, 5.74) is 0.854. The van der Waals surface area contributed by atoms with E-state index in [0.717, 1.165) is 10.5 Å². The first-order chi connectivity index (χ1) is 7.43. The summed E-state index contributed by atoms with van der Waals surface area (Å²) in [7, 11) is 0. The molecule has 0 amide bonds. The molecule has 0 saturated heterocycles. The first-order valence-electron chi connectivity index (χ1n) is 4.76. The first kappa shape index (κ1) is 13.4. The van der Waals surface area contributed by atoms with Gasteiger partial charge in [-0.05, 0) is 31.5 Å². The molecule has 0 aliphatic heterocycles. The second-order valence-corrected chi connectivity index (χ2v) is 4.96. The van der Waals surface area contributed by atoms with Crippen LogP contribution in [0, 0.1) is 6.92 Å². The van der Waals surface area contributed by atoms with Gasteiger partial charge in [-0.1, -0.05) is 11.6 Å². The molecule has 0 spiro atoms. The fourth-order valence-corrected chi connectivity index (χ4v) is 2.40. The summed E-state index contributed by atoms with van der Waals surface area (Å²) < 4.78 is 0. The lowest BCUT2D eigenvalue weighted by Crippen LogP contribution is -2.04. The van der Waals surface area contributed by atoms with Crippen LogP contribution in [0.3, 0.4) is 0 Å². The van der Waals surface area contributed by atoms with Crippen molar-refractivity contribution in [3.63, 3.8) is 0 Å². The Kier molecular flexibility index (Phi) is 4.65. The quantitative estimate of drug-likeness (QED) is 0.818. The first-order valence-corrected chi connectivity index (χ1v) is 6.13. The fraction of sp³-hybridized carbons (Fsp3) is 0.364. The van der Waals surface area contributed by atoms with Crippen molar-refractivity contribution in [1.82, 2.24) is 0 Å². The molecular formula is C11H13ClO3S. The van der Waals surface area contributed by atoms with Crippen molar-refractivity contribution in [3.8, 4) is 0 Å². The Labute approximate surface area is 103 Å². The van der Waals surface area contributed by atoms with Crippen molar-refractivity contribution >= 4 is 29.3 Å². The third-order valence-corrected chi connectivity index (χ3v) is 3.94. The Morgan fingerprint density at radius 3 is 2.69 bits per heavy atom. The highest BCUT2D eigenvalue weighted by Gasteiger charge is 2.13. The molecule has 1 atom stereocenters. The lowest BCUT2D eigenvalue weighted by molar-refractivity contribution is 0.0697. The lowest BCUT2D eigenvalue weighted by Gasteiger charge is -2.10. The van der Waals surface area contributed by atoms with Gasteiger partial charge in [-0.25, -0.2) is 4.79 Å². The van der Waals surface area contributed by atoms with Crippen LogP contribution in [0.4, 0.5) is 0 Å². The number of halogens is 1. The standard InChI is InChI=1S/C11H13ClO3S/c1-6(13)5-16-9-4-3-8(11(14)15)10(12)7(9)2/h3-4,6,13H,5H2,1-2H3,(H,14,15)/t6-/m1/s1. The van der Waals surface area contributed by atoms with E-state index in [9.17, 15) is 4.79 Å². The van der Waals surface area contributed by atoms with Crippen molar-refractivity contribution < 1.29 is 15.0 Å². The zero-order chi connectivity index (χ0) is 12.3. The molecule has 1 rings (SSSR count). The van der Waals surface area contributed by atoms with Gasteiger partial charge in [-0.3, -0.25) is 0 Å². The molecule has 1 aromatic rings. The summed E-state index contributed by atoms with van der Waals surface area (Å²) in [4.78, 5) is 11.7. The van der Waals surface area contributed by atoms with Crippen LogP contribution < -0.4 is 0 Å². The molecule has 1 aromatic carbocycles. The fourth-order valence-electron chi connectivity index (χ4n) is 1.20.